The molecule has 0 N–H and O–H groups in total. The van der Waals surface area contributed by atoms with Crippen molar-refractivity contribution in [2.24, 2.45) is 118 Å². The zero-order valence-electron chi connectivity index (χ0n) is 13.8. The normalized spacial score (nSPS) is 94.7. The molecule has 0 spiro atoms. The average Bonchev–Trinajstić information content (AvgIpc) is 3.22. The first kappa shape index (κ1) is 10.6. The fraction of sp³-hybridized carbons (Fsp3) is 0.957. The lowest BCUT2D eigenvalue weighted by molar-refractivity contribution is 0.0743. The molecule has 8 unspecified atom stereocenters. The Kier molecular flexibility index (Phi) is 1.07. The van der Waals surface area contributed by atoms with Gasteiger partial charge in [-0.1, -0.05) is 0 Å². The van der Waals surface area contributed by atoms with Crippen LogP contribution in [0.5, 0.6) is 0 Å². The maximum absolute atomic E-state index is 9.46. The largest absolute Gasteiger partial charge is 0.198 e. The lowest BCUT2D eigenvalue weighted by Crippen LogP contribution is -2.35. The Hall–Kier alpha value is -0.510. The van der Waals surface area contributed by atoms with Crippen LogP contribution in [-0.4, -0.2) is 0 Å². The van der Waals surface area contributed by atoms with Gasteiger partial charge in [-0.2, -0.15) is 5.26 Å². The second kappa shape index (κ2) is 2.42. The SMILES string of the molecule is N#CCCC12C3[C@@H]4[C@@H]5C6C7C8[C@@H]9[C@@H]6[C@@H]4C1[C@@H]9[C@@H]1C2[C@H]2[C@@H](C7[C@@H]5[C@@H]32)[C@H]81. The second-order valence-corrected chi connectivity index (χ2v) is 12.6. The number of nitrogens with zero attached hydrogens (tertiary/aromatic N) is 1. The van der Waals surface area contributed by atoms with Gasteiger partial charge in [0, 0.05) is 6.42 Å². The van der Waals surface area contributed by atoms with E-state index in [2.05, 4.69) is 6.07 Å². The van der Waals surface area contributed by atoms with E-state index in [0.717, 1.165) is 29.6 Å². The molecule has 12 rings (SSSR count). The number of rotatable bonds is 2. The van der Waals surface area contributed by atoms with E-state index in [1.165, 1.54) is 101 Å². The van der Waals surface area contributed by atoms with Crippen LogP contribution >= 0.6 is 0 Å². The van der Waals surface area contributed by atoms with Crippen molar-refractivity contribution in [3.8, 4) is 6.07 Å². The molecule has 120 valence electrons. The van der Waals surface area contributed by atoms with Gasteiger partial charge in [-0.05, 0) is 124 Å². The fourth-order valence-electron chi connectivity index (χ4n) is 16.5. The van der Waals surface area contributed by atoms with Crippen molar-refractivity contribution in [1.29, 1.82) is 5.26 Å². The van der Waals surface area contributed by atoms with Crippen LogP contribution < -0.4 is 0 Å². The van der Waals surface area contributed by atoms with Gasteiger partial charge >= 0.3 is 0 Å². The van der Waals surface area contributed by atoms with Gasteiger partial charge in [0.2, 0.25) is 0 Å². The third-order valence-electron chi connectivity index (χ3n) is 14.4. The lowest BCUT2D eigenvalue weighted by Gasteiger charge is -2.39. The number of nitriles is 1. The highest BCUT2D eigenvalue weighted by atomic mass is 15.1. The molecule has 0 aromatic heterocycles. The maximum Gasteiger partial charge on any atom is 0.0621 e. The van der Waals surface area contributed by atoms with E-state index in [1.807, 2.05) is 0 Å². The van der Waals surface area contributed by atoms with Crippen LogP contribution in [0, 0.1) is 129 Å². The summed E-state index contributed by atoms with van der Waals surface area (Å²) in [6, 6.07) is 2.61. The number of hydrogen-bond donors (Lipinski definition) is 0. The van der Waals surface area contributed by atoms with Gasteiger partial charge in [0.1, 0.15) is 0 Å². The molecular weight excluding hydrogens is 290 g/mol. The van der Waals surface area contributed by atoms with Gasteiger partial charge < -0.3 is 0 Å². The molecule has 0 aromatic carbocycles. The van der Waals surface area contributed by atoms with Gasteiger partial charge in [-0.15, -0.1) is 0 Å². The van der Waals surface area contributed by atoms with Crippen molar-refractivity contribution in [1.82, 2.24) is 0 Å². The first-order valence-corrected chi connectivity index (χ1v) is 11.3. The van der Waals surface area contributed by atoms with Crippen molar-refractivity contribution in [2.45, 2.75) is 12.8 Å². The van der Waals surface area contributed by atoms with Crippen molar-refractivity contribution in [3.63, 3.8) is 0 Å². The molecule has 0 bridgehead atoms. The third kappa shape index (κ3) is 0.530. The molecule has 0 aromatic rings. The van der Waals surface area contributed by atoms with E-state index in [0.29, 0.717) is 0 Å². The summed E-state index contributed by atoms with van der Waals surface area (Å²) in [5, 5.41) is 9.46. The Bertz CT molecular complexity index is 722. The molecule has 1 nitrogen and oxygen atoms in total. The predicted molar refractivity (Wildman–Crippen MR) is 83.6 cm³/mol. The quantitative estimate of drug-likeness (QED) is 0.768. The highest BCUT2D eigenvalue weighted by molar-refractivity contribution is 5.47. The monoisotopic (exact) mass is 313 g/mol. The van der Waals surface area contributed by atoms with Crippen molar-refractivity contribution in [2.75, 3.05) is 0 Å². The summed E-state index contributed by atoms with van der Waals surface area (Å²) in [4.78, 5) is 0. The standard InChI is InChI=1S/C23H23N/c24-3-1-2-23-20-14-8-5-4-6-10(8)16(20)18-12(6)13-7(4)11-9(5)15(14)21(23)17(11)19(13)22(18)23/h4-22H,1-2H2/t4?,5?,6?,7?,8-,9-,10-,11+,12+,13+,14-,15+,16+,17+,18-,19-,20?,21?,22?,23?/m0/s1. The van der Waals surface area contributed by atoms with E-state index in [-0.39, 0.29) is 0 Å². The summed E-state index contributed by atoms with van der Waals surface area (Å²) < 4.78 is 0. The summed E-state index contributed by atoms with van der Waals surface area (Å²) in [5.41, 5.74) is 0.730. The Balaban J connectivity index is 1.36. The van der Waals surface area contributed by atoms with Crippen LogP contribution in [-0.2, 0) is 0 Å². The van der Waals surface area contributed by atoms with Crippen LogP contribution in [0.2, 0.25) is 0 Å². The van der Waals surface area contributed by atoms with Crippen molar-refractivity contribution in [3.05, 3.63) is 0 Å². The molecule has 0 aliphatic heterocycles. The summed E-state index contributed by atoms with van der Waals surface area (Å²) in [5.74, 6) is 23.0. The summed E-state index contributed by atoms with van der Waals surface area (Å²) in [6.07, 6.45) is 2.24. The van der Waals surface area contributed by atoms with Gasteiger partial charge in [0.25, 0.3) is 0 Å². The van der Waals surface area contributed by atoms with Crippen molar-refractivity contribution < 1.29 is 0 Å². The highest BCUT2D eigenvalue weighted by Crippen LogP contribution is 3.04. The number of hydrogen-bond acceptors (Lipinski definition) is 1. The Labute approximate surface area is 142 Å². The summed E-state index contributed by atoms with van der Waals surface area (Å²) >= 11 is 0. The smallest absolute Gasteiger partial charge is 0.0621 e. The maximum atomic E-state index is 9.46. The summed E-state index contributed by atoms with van der Waals surface area (Å²) in [7, 11) is 0. The summed E-state index contributed by atoms with van der Waals surface area (Å²) in [6.45, 7) is 0. The highest BCUT2D eigenvalue weighted by Gasteiger charge is 3.01. The van der Waals surface area contributed by atoms with Gasteiger partial charge in [-0.3, -0.25) is 0 Å². The zero-order chi connectivity index (χ0) is 14.6. The lowest BCUT2D eigenvalue weighted by atomic mass is 9.64. The molecule has 0 radical (unpaired) electrons. The fourth-order valence-corrected chi connectivity index (χ4v) is 16.5. The molecule has 0 saturated heterocycles. The molecule has 24 heavy (non-hydrogen) atoms. The molecule has 20 atom stereocenters. The Morgan fingerprint density at radius 3 is 1.08 bits per heavy atom. The minimum atomic E-state index is 0.730. The van der Waals surface area contributed by atoms with Crippen LogP contribution in [0.15, 0.2) is 0 Å². The Morgan fingerprint density at radius 1 is 0.500 bits per heavy atom. The van der Waals surface area contributed by atoms with Crippen LogP contribution in [0.4, 0.5) is 0 Å². The average molecular weight is 313 g/mol. The molecule has 12 aliphatic rings. The first-order chi connectivity index (χ1) is 11.9. The van der Waals surface area contributed by atoms with E-state index < -0.39 is 0 Å². The molecule has 12 saturated carbocycles. The van der Waals surface area contributed by atoms with E-state index in [9.17, 15) is 5.26 Å². The van der Waals surface area contributed by atoms with Crippen LogP contribution in [0.3, 0.4) is 0 Å². The predicted octanol–water partition coefficient (Wildman–Crippen LogP) is 3.13. The first-order valence-electron chi connectivity index (χ1n) is 11.3. The molecule has 0 amide bonds. The zero-order valence-corrected chi connectivity index (χ0v) is 13.8. The van der Waals surface area contributed by atoms with Crippen LogP contribution in [0.1, 0.15) is 12.8 Å². The van der Waals surface area contributed by atoms with Gasteiger partial charge in [-0.25, -0.2) is 0 Å². The minimum Gasteiger partial charge on any atom is -0.198 e. The van der Waals surface area contributed by atoms with Gasteiger partial charge in [0.05, 0.1) is 6.07 Å². The minimum absolute atomic E-state index is 0.730. The molecule has 12 fully saturated rings. The van der Waals surface area contributed by atoms with E-state index in [4.69, 9.17) is 0 Å². The van der Waals surface area contributed by atoms with Crippen molar-refractivity contribution >= 4 is 0 Å². The van der Waals surface area contributed by atoms with E-state index in [1.54, 1.807) is 0 Å². The van der Waals surface area contributed by atoms with Gasteiger partial charge in [0.15, 0.2) is 0 Å². The third-order valence-corrected chi connectivity index (χ3v) is 14.4. The Morgan fingerprint density at radius 2 is 0.792 bits per heavy atom. The molecule has 1 heteroatoms. The van der Waals surface area contributed by atoms with E-state index >= 15 is 0 Å². The topological polar surface area (TPSA) is 23.8 Å². The molecule has 12 aliphatic carbocycles. The van der Waals surface area contributed by atoms with Crippen LogP contribution in [0.25, 0.3) is 0 Å². The molecular formula is C23H23N. The second-order valence-electron chi connectivity index (χ2n) is 12.6. The molecule has 0 heterocycles.